The first-order valence-corrected chi connectivity index (χ1v) is 10.7. The maximum absolute atomic E-state index is 12.4. The fraction of sp³-hybridized carbons (Fsp3) is 0.130. The van der Waals surface area contributed by atoms with E-state index in [-0.39, 0.29) is 11.7 Å². The molecule has 0 unspecified atom stereocenters. The van der Waals surface area contributed by atoms with Gasteiger partial charge in [0.05, 0.1) is 18.6 Å². The largest absolute Gasteiger partial charge is 0.497 e. The predicted octanol–water partition coefficient (Wildman–Crippen LogP) is 3.75. The zero-order valence-corrected chi connectivity index (χ0v) is 17.7. The molecule has 0 spiro atoms. The number of benzene rings is 2. The van der Waals surface area contributed by atoms with Gasteiger partial charge in [-0.25, -0.2) is 0 Å². The predicted molar refractivity (Wildman–Crippen MR) is 120 cm³/mol. The number of hydrogen-bond acceptors (Lipinski definition) is 6. The molecule has 0 atom stereocenters. The van der Waals surface area contributed by atoms with Crippen molar-refractivity contribution in [3.63, 3.8) is 0 Å². The van der Waals surface area contributed by atoms with Crippen molar-refractivity contribution in [3.05, 3.63) is 84.6 Å². The minimum Gasteiger partial charge on any atom is -0.497 e. The summed E-state index contributed by atoms with van der Waals surface area (Å²) in [5.74, 6) is 1.46. The van der Waals surface area contributed by atoms with E-state index in [9.17, 15) is 4.79 Å². The van der Waals surface area contributed by atoms with Crippen molar-refractivity contribution in [1.82, 2.24) is 25.1 Å². The summed E-state index contributed by atoms with van der Waals surface area (Å²) >= 11 is 1.32. The van der Waals surface area contributed by atoms with Gasteiger partial charge in [0.2, 0.25) is 5.91 Å². The maximum atomic E-state index is 12.4. The van der Waals surface area contributed by atoms with E-state index in [1.807, 2.05) is 77.4 Å². The Kier molecular flexibility index (Phi) is 6.59. The van der Waals surface area contributed by atoms with Crippen molar-refractivity contribution in [3.8, 4) is 23.0 Å². The zero-order valence-electron chi connectivity index (χ0n) is 16.9. The Balaban J connectivity index is 1.56. The van der Waals surface area contributed by atoms with E-state index in [1.165, 1.54) is 11.8 Å². The van der Waals surface area contributed by atoms with E-state index in [2.05, 4.69) is 20.5 Å². The van der Waals surface area contributed by atoms with Gasteiger partial charge < -0.3 is 10.1 Å². The molecule has 4 aromatic rings. The standard InChI is InChI=1S/C23H21N5O2S/c1-30-19-11-7-10-18(14-19)28-22(20-12-5-6-13-24-20)26-27-23(28)31-16-21(29)25-15-17-8-3-2-4-9-17/h2-14H,15-16H2,1H3,(H,25,29). The van der Waals surface area contributed by atoms with Gasteiger partial charge in [-0.3, -0.25) is 14.3 Å². The number of rotatable bonds is 8. The molecule has 4 rings (SSSR count). The van der Waals surface area contributed by atoms with Crippen LogP contribution in [0.15, 0.2) is 84.1 Å². The SMILES string of the molecule is COc1cccc(-n2c(SCC(=O)NCc3ccccc3)nnc2-c2ccccn2)c1. The van der Waals surface area contributed by atoms with Crippen LogP contribution in [-0.4, -0.2) is 38.5 Å². The summed E-state index contributed by atoms with van der Waals surface area (Å²) in [5.41, 5.74) is 2.58. The molecule has 7 nitrogen and oxygen atoms in total. The second-order valence-electron chi connectivity index (χ2n) is 6.61. The first kappa shape index (κ1) is 20.6. The van der Waals surface area contributed by atoms with Crippen LogP contribution in [0.4, 0.5) is 0 Å². The monoisotopic (exact) mass is 431 g/mol. The number of carbonyl (C=O) groups is 1. The Morgan fingerprint density at radius 2 is 1.87 bits per heavy atom. The maximum Gasteiger partial charge on any atom is 0.230 e. The van der Waals surface area contributed by atoms with Crippen LogP contribution >= 0.6 is 11.8 Å². The Labute approximate surface area is 184 Å². The number of ether oxygens (including phenoxy) is 1. The van der Waals surface area contributed by atoms with Crippen LogP contribution in [0.1, 0.15) is 5.56 Å². The molecule has 1 amide bonds. The number of amides is 1. The van der Waals surface area contributed by atoms with Crippen LogP contribution in [0, 0.1) is 0 Å². The number of nitrogens with zero attached hydrogens (tertiary/aromatic N) is 4. The summed E-state index contributed by atoms with van der Waals surface area (Å²) in [4.78, 5) is 16.8. The van der Waals surface area contributed by atoms with Gasteiger partial charge in [-0.05, 0) is 29.8 Å². The second-order valence-corrected chi connectivity index (χ2v) is 7.55. The molecule has 31 heavy (non-hydrogen) atoms. The zero-order chi connectivity index (χ0) is 21.5. The lowest BCUT2D eigenvalue weighted by molar-refractivity contribution is -0.118. The molecule has 0 saturated heterocycles. The fourth-order valence-electron chi connectivity index (χ4n) is 2.98. The third-order valence-corrected chi connectivity index (χ3v) is 5.43. The van der Waals surface area contributed by atoms with Crippen LogP contribution in [0.25, 0.3) is 17.2 Å². The number of hydrogen-bond donors (Lipinski definition) is 1. The Morgan fingerprint density at radius 1 is 1.03 bits per heavy atom. The Bertz CT molecular complexity index is 1150. The molecule has 0 aliphatic carbocycles. The molecular weight excluding hydrogens is 410 g/mol. The van der Waals surface area contributed by atoms with Gasteiger partial charge in [0, 0.05) is 18.8 Å². The summed E-state index contributed by atoms with van der Waals surface area (Å²) < 4.78 is 7.26. The summed E-state index contributed by atoms with van der Waals surface area (Å²) in [7, 11) is 1.62. The van der Waals surface area contributed by atoms with Gasteiger partial charge >= 0.3 is 0 Å². The fourth-order valence-corrected chi connectivity index (χ4v) is 3.77. The van der Waals surface area contributed by atoms with Gasteiger partial charge in [-0.15, -0.1) is 10.2 Å². The molecular formula is C23H21N5O2S. The minimum atomic E-state index is -0.0755. The average Bonchev–Trinajstić information content (AvgIpc) is 3.26. The lowest BCUT2D eigenvalue weighted by Crippen LogP contribution is -2.24. The highest BCUT2D eigenvalue weighted by molar-refractivity contribution is 7.99. The van der Waals surface area contributed by atoms with E-state index in [0.29, 0.717) is 23.2 Å². The summed E-state index contributed by atoms with van der Waals surface area (Å²) in [6, 6.07) is 23.0. The lowest BCUT2D eigenvalue weighted by atomic mass is 10.2. The molecule has 1 N–H and O–H groups in total. The van der Waals surface area contributed by atoms with Gasteiger partial charge in [-0.2, -0.15) is 0 Å². The Morgan fingerprint density at radius 3 is 2.65 bits per heavy atom. The van der Waals surface area contributed by atoms with Crippen molar-refractivity contribution < 1.29 is 9.53 Å². The normalized spacial score (nSPS) is 10.6. The molecule has 0 aliphatic rings. The van der Waals surface area contributed by atoms with Gasteiger partial charge in [0.15, 0.2) is 11.0 Å². The highest BCUT2D eigenvalue weighted by Gasteiger charge is 2.18. The highest BCUT2D eigenvalue weighted by atomic mass is 32.2. The number of carbonyl (C=O) groups excluding carboxylic acids is 1. The summed E-state index contributed by atoms with van der Waals surface area (Å²) in [5, 5.41) is 12.2. The number of methoxy groups -OCH3 is 1. The van der Waals surface area contributed by atoms with Crippen molar-refractivity contribution >= 4 is 17.7 Å². The smallest absolute Gasteiger partial charge is 0.230 e. The van der Waals surface area contributed by atoms with E-state index in [4.69, 9.17) is 4.74 Å². The molecule has 0 radical (unpaired) electrons. The summed E-state index contributed by atoms with van der Waals surface area (Å²) in [6.45, 7) is 0.488. The second kappa shape index (κ2) is 9.90. The molecule has 0 saturated carbocycles. The van der Waals surface area contributed by atoms with Crippen LogP contribution in [0.2, 0.25) is 0 Å². The van der Waals surface area contributed by atoms with E-state index in [0.717, 1.165) is 17.0 Å². The molecule has 2 aromatic heterocycles. The Hall–Kier alpha value is -3.65. The van der Waals surface area contributed by atoms with Crippen LogP contribution in [0.3, 0.4) is 0 Å². The number of nitrogens with one attached hydrogen (secondary N) is 1. The van der Waals surface area contributed by atoms with Gasteiger partial charge in [-0.1, -0.05) is 54.2 Å². The number of pyridine rings is 1. The highest BCUT2D eigenvalue weighted by Crippen LogP contribution is 2.28. The van der Waals surface area contributed by atoms with Gasteiger partial charge in [0.25, 0.3) is 0 Å². The number of thioether (sulfide) groups is 1. The van der Waals surface area contributed by atoms with Crippen molar-refractivity contribution in [2.24, 2.45) is 0 Å². The first-order valence-electron chi connectivity index (χ1n) is 9.69. The third kappa shape index (κ3) is 5.10. The number of aromatic nitrogens is 4. The average molecular weight is 432 g/mol. The summed E-state index contributed by atoms with van der Waals surface area (Å²) in [6.07, 6.45) is 1.71. The van der Waals surface area contributed by atoms with E-state index < -0.39 is 0 Å². The quantitative estimate of drug-likeness (QED) is 0.428. The topological polar surface area (TPSA) is 81.9 Å². The lowest BCUT2D eigenvalue weighted by Gasteiger charge is -2.11. The van der Waals surface area contributed by atoms with E-state index in [1.54, 1.807) is 13.3 Å². The van der Waals surface area contributed by atoms with Crippen LogP contribution < -0.4 is 10.1 Å². The molecule has 2 aromatic carbocycles. The van der Waals surface area contributed by atoms with Crippen molar-refractivity contribution in [2.45, 2.75) is 11.7 Å². The van der Waals surface area contributed by atoms with Crippen molar-refractivity contribution in [2.75, 3.05) is 12.9 Å². The van der Waals surface area contributed by atoms with Crippen molar-refractivity contribution in [1.29, 1.82) is 0 Å². The minimum absolute atomic E-state index is 0.0755. The molecule has 8 heteroatoms. The molecule has 2 heterocycles. The first-order chi connectivity index (χ1) is 15.2. The van der Waals surface area contributed by atoms with E-state index >= 15 is 0 Å². The molecule has 0 bridgehead atoms. The molecule has 0 aliphatic heterocycles. The molecule has 0 fully saturated rings. The van der Waals surface area contributed by atoms with Crippen LogP contribution in [0.5, 0.6) is 5.75 Å². The van der Waals surface area contributed by atoms with Crippen LogP contribution in [-0.2, 0) is 11.3 Å². The van der Waals surface area contributed by atoms with Gasteiger partial charge in [0.1, 0.15) is 11.4 Å². The third-order valence-electron chi connectivity index (χ3n) is 4.50. The molecule has 156 valence electrons.